The van der Waals surface area contributed by atoms with E-state index in [0.29, 0.717) is 11.7 Å². The summed E-state index contributed by atoms with van der Waals surface area (Å²) in [6.45, 7) is 0.769. The van der Waals surface area contributed by atoms with Gasteiger partial charge in [0, 0.05) is 17.3 Å². The molecule has 1 fully saturated rings. The topological polar surface area (TPSA) is 57.4 Å². The normalized spacial score (nSPS) is 25.2. The van der Waals surface area contributed by atoms with Crippen LogP contribution in [0.25, 0.3) is 0 Å². The van der Waals surface area contributed by atoms with Gasteiger partial charge in [0.15, 0.2) is 6.10 Å². The Morgan fingerprint density at radius 3 is 3.05 bits per heavy atom. The minimum Gasteiger partial charge on any atom is -0.480 e. The van der Waals surface area contributed by atoms with Crippen LogP contribution in [0.5, 0.6) is 5.75 Å². The molecule has 1 saturated heterocycles. The Morgan fingerprint density at radius 2 is 2.15 bits per heavy atom. The molecular formula is C14H14N2O3S. The lowest BCUT2D eigenvalue weighted by molar-refractivity contribution is 0.0835. The molecule has 2 unspecified atom stereocenters. The number of fused-ring (bicyclic) bond motifs is 1. The van der Waals surface area contributed by atoms with Crippen molar-refractivity contribution < 1.29 is 14.0 Å². The van der Waals surface area contributed by atoms with Gasteiger partial charge in [0.2, 0.25) is 5.82 Å². The zero-order chi connectivity index (χ0) is 13.4. The van der Waals surface area contributed by atoms with E-state index >= 15 is 0 Å². The van der Waals surface area contributed by atoms with Crippen LogP contribution >= 0.6 is 11.8 Å². The zero-order valence-corrected chi connectivity index (χ0v) is 11.6. The van der Waals surface area contributed by atoms with Gasteiger partial charge < -0.3 is 14.0 Å². The molecule has 0 aliphatic carbocycles. The predicted octanol–water partition coefficient (Wildman–Crippen LogP) is 3.15. The summed E-state index contributed by atoms with van der Waals surface area (Å²) in [5, 5.41) is 4.05. The second-order valence-corrected chi connectivity index (χ2v) is 5.92. The fraction of sp³-hybridized carbons (Fsp3) is 0.429. The van der Waals surface area contributed by atoms with Crippen LogP contribution in [-0.2, 0) is 4.74 Å². The predicted molar refractivity (Wildman–Crippen MR) is 72.8 cm³/mol. The van der Waals surface area contributed by atoms with Gasteiger partial charge in [0.05, 0.1) is 0 Å². The first-order valence-corrected chi connectivity index (χ1v) is 7.72. The van der Waals surface area contributed by atoms with Gasteiger partial charge in [-0.15, -0.1) is 11.8 Å². The second-order valence-electron chi connectivity index (χ2n) is 4.86. The molecule has 104 valence electrons. The standard InChI is InChI=1S/C14H14N2O3S/c1-2-6-12-9(4-1)18-11(8-20-12)13-15-14(19-16-13)10-5-3-7-17-10/h1-2,4,6,10-11H,3,5,7-8H2. The van der Waals surface area contributed by atoms with Crippen LogP contribution in [-0.4, -0.2) is 22.5 Å². The van der Waals surface area contributed by atoms with Crippen molar-refractivity contribution in [1.29, 1.82) is 0 Å². The van der Waals surface area contributed by atoms with E-state index in [1.165, 1.54) is 0 Å². The quantitative estimate of drug-likeness (QED) is 0.847. The number of para-hydroxylation sites is 1. The van der Waals surface area contributed by atoms with Crippen LogP contribution in [0.4, 0.5) is 0 Å². The van der Waals surface area contributed by atoms with Crippen molar-refractivity contribution >= 4 is 11.8 Å². The van der Waals surface area contributed by atoms with Gasteiger partial charge in [-0.05, 0) is 25.0 Å². The summed E-state index contributed by atoms with van der Waals surface area (Å²) in [6.07, 6.45) is 1.80. The van der Waals surface area contributed by atoms with E-state index in [1.807, 2.05) is 18.2 Å². The van der Waals surface area contributed by atoms with Gasteiger partial charge >= 0.3 is 0 Å². The van der Waals surface area contributed by atoms with Crippen LogP contribution in [0.15, 0.2) is 33.7 Å². The molecule has 2 aliphatic heterocycles. The molecule has 3 heterocycles. The van der Waals surface area contributed by atoms with E-state index in [9.17, 15) is 0 Å². The number of ether oxygens (including phenoxy) is 2. The largest absolute Gasteiger partial charge is 0.480 e. The smallest absolute Gasteiger partial charge is 0.255 e. The van der Waals surface area contributed by atoms with E-state index < -0.39 is 0 Å². The fourth-order valence-electron chi connectivity index (χ4n) is 2.43. The molecule has 0 radical (unpaired) electrons. The average Bonchev–Trinajstić information content (AvgIpc) is 3.17. The highest BCUT2D eigenvalue weighted by molar-refractivity contribution is 7.99. The molecule has 1 aromatic carbocycles. The van der Waals surface area contributed by atoms with Crippen LogP contribution in [0.2, 0.25) is 0 Å². The number of aromatic nitrogens is 2. The number of nitrogens with zero attached hydrogens (tertiary/aromatic N) is 2. The molecule has 5 nitrogen and oxygen atoms in total. The Bertz CT molecular complexity index is 610. The lowest BCUT2D eigenvalue weighted by Crippen LogP contribution is -2.16. The van der Waals surface area contributed by atoms with Gasteiger partial charge in [0.25, 0.3) is 5.89 Å². The zero-order valence-electron chi connectivity index (χ0n) is 10.8. The van der Waals surface area contributed by atoms with Crippen molar-refractivity contribution in [3.8, 4) is 5.75 Å². The van der Waals surface area contributed by atoms with Crippen LogP contribution in [0.3, 0.4) is 0 Å². The van der Waals surface area contributed by atoms with E-state index in [4.69, 9.17) is 14.0 Å². The summed E-state index contributed by atoms with van der Waals surface area (Å²) in [5.41, 5.74) is 0. The highest BCUT2D eigenvalue weighted by Crippen LogP contribution is 2.39. The van der Waals surface area contributed by atoms with Crippen molar-refractivity contribution in [2.24, 2.45) is 0 Å². The van der Waals surface area contributed by atoms with Crippen molar-refractivity contribution in [3.63, 3.8) is 0 Å². The molecule has 6 heteroatoms. The molecule has 0 spiro atoms. The van der Waals surface area contributed by atoms with Crippen LogP contribution in [0, 0.1) is 0 Å². The molecular weight excluding hydrogens is 276 g/mol. The first-order chi connectivity index (χ1) is 9.90. The summed E-state index contributed by atoms with van der Waals surface area (Å²) < 4.78 is 16.8. The Hall–Kier alpha value is -1.53. The summed E-state index contributed by atoms with van der Waals surface area (Å²) >= 11 is 1.76. The highest BCUT2D eigenvalue weighted by atomic mass is 32.2. The van der Waals surface area contributed by atoms with Crippen LogP contribution < -0.4 is 4.74 Å². The van der Waals surface area contributed by atoms with Crippen LogP contribution in [0.1, 0.15) is 36.8 Å². The fourth-order valence-corrected chi connectivity index (χ4v) is 3.41. The van der Waals surface area contributed by atoms with Crippen molar-refractivity contribution in [2.75, 3.05) is 12.4 Å². The first-order valence-electron chi connectivity index (χ1n) is 6.74. The third-order valence-corrected chi connectivity index (χ3v) is 4.58. The highest BCUT2D eigenvalue weighted by Gasteiger charge is 2.29. The molecule has 0 amide bonds. The number of benzene rings is 1. The summed E-state index contributed by atoms with van der Waals surface area (Å²) in [4.78, 5) is 5.61. The third-order valence-electron chi connectivity index (χ3n) is 3.46. The number of thioether (sulfide) groups is 1. The molecule has 2 atom stereocenters. The van der Waals surface area contributed by atoms with Crippen molar-refractivity contribution in [3.05, 3.63) is 36.0 Å². The maximum absolute atomic E-state index is 5.95. The number of hydrogen-bond acceptors (Lipinski definition) is 6. The van der Waals surface area contributed by atoms with Gasteiger partial charge in [-0.3, -0.25) is 0 Å². The molecule has 0 N–H and O–H groups in total. The van der Waals surface area contributed by atoms with Gasteiger partial charge in [-0.25, -0.2) is 0 Å². The van der Waals surface area contributed by atoms with Crippen molar-refractivity contribution in [1.82, 2.24) is 10.1 Å². The molecule has 2 aromatic rings. The molecule has 4 rings (SSSR count). The Morgan fingerprint density at radius 1 is 1.20 bits per heavy atom. The average molecular weight is 290 g/mol. The van der Waals surface area contributed by atoms with E-state index in [-0.39, 0.29) is 12.2 Å². The molecule has 2 aliphatic rings. The summed E-state index contributed by atoms with van der Waals surface area (Å²) in [7, 11) is 0. The maximum Gasteiger partial charge on any atom is 0.255 e. The third kappa shape index (κ3) is 2.19. The molecule has 0 saturated carbocycles. The maximum atomic E-state index is 5.95. The van der Waals surface area contributed by atoms with E-state index in [2.05, 4.69) is 16.2 Å². The van der Waals surface area contributed by atoms with Crippen molar-refractivity contribution in [2.45, 2.75) is 29.9 Å². The molecule has 0 bridgehead atoms. The van der Waals surface area contributed by atoms with Gasteiger partial charge in [0.1, 0.15) is 11.9 Å². The monoisotopic (exact) mass is 290 g/mol. The van der Waals surface area contributed by atoms with Gasteiger partial charge in [-0.2, -0.15) is 4.98 Å². The van der Waals surface area contributed by atoms with E-state index in [1.54, 1.807) is 11.8 Å². The summed E-state index contributed by atoms with van der Waals surface area (Å²) in [5.74, 6) is 2.86. The van der Waals surface area contributed by atoms with Gasteiger partial charge in [-0.1, -0.05) is 17.3 Å². The SMILES string of the molecule is c1ccc2c(c1)OC(c1noc(C3CCCO3)n1)CS2. The Kier molecular flexibility index (Phi) is 3.12. The molecule has 20 heavy (non-hydrogen) atoms. The number of hydrogen-bond donors (Lipinski definition) is 0. The minimum absolute atomic E-state index is 0.0419. The minimum atomic E-state index is -0.159. The summed E-state index contributed by atoms with van der Waals surface area (Å²) in [6, 6.07) is 8.01. The number of rotatable bonds is 2. The Labute approximate surface area is 120 Å². The second kappa shape index (κ2) is 5.10. The lowest BCUT2D eigenvalue weighted by atomic mass is 10.2. The van der Waals surface area contributed by atoms with E-state index in [0.717, 1.165) is 35.8 Å². The lowest BCUT2D eigenvalue weighted by Gasteiger charge is -2.22. The first kappa shape index (κ1) is 12.2. The Balaban J connectivity index is 1.54. The molecule has 1 aromatic heterocycles.